The molecule has 2 heterocycles. The highest BCUT2D eigenvalue weighted by Crippen LogP contribution is 2.19. The molecule has 0 aromatic carbocycles. The summed E-state index contributed by atoms with van der Waals surface area (Å²) < 4.78 is 3.37. The molecule has 0 amide bonds. The lowest BCUT2D eigenvalue weighted by atomic mass is 10.1. The summed E-state index contributed by atoms with van der Waals surface area (Å²) in [5.74, 6) is 0.574. The molecule has 18 heavy (non-hydrogen) atoms. The Morgan fingerprint density at radius 2 is 2.22 bits per heavy atom. The Kier molecular flexibility index (Phi) is 3.62. The molecule has 0 saturated heterocycles. The number of aromatic nitrogens is 3. The van der Waals surface area contributed by atoms with E-state index in [1.54, 1.807) is 25.5 Å². The maximum absolute atomic E-state index is 11.5. The van der Waals surface area contributed by atoms with Crippen molar-refractivity contribution < 1.29 is 5.11 Å². The fourth-order valence-electron chi connectivity index (χ4n) is 1.88. The first-order chi connectivity index (χ1) is 8.63. The van der Waals surface area contributed by atoms with Crippen molar-refractivity contribution in [2.75, 3.05) is 0 Å². The minimum atomic E-state index is -0.861. The third kappa shape index (κ3) is 2.36. The second-order valence-corrected chi connectivity index (χ2v) is 4.29. The van der Waals surface area contributed by atoms with E-state index in [0.29, 0.717) is 11.4 Å². The Balaban J connectivity index is 2.35. The molecule has 2 rings (SSSR count). The van der Waals surface area contributed by atoms with Gasteiger partial charge in [0.15, 0.2) is 0 Å². The molecule has 5 heteroatoms. The molecular formula is C13H17N3O2. The SMILES string of the molecule is CCCn1ccnc1C(O)c1ccn(C)c(=O)c1. The minimum Gasteiger partial charge on any atom is -0.380 e. The van der Waals surface area contributed by atoms with Crippen LogP contribution in [-0.2, 0) is 13.6 Å². The standard InChI is InChI=1S/C13H17N3O2/c1-3-6-16-8-5-14-13(16)12(18)10-4-7-15(2)11(17)9-10/h4-5,7-9,12,18H,3,6H2,1-2H3. The Morgan fingerprint density at radius 1 is 1.44 bits per heavy atom. The van der Waals surface area contributed by atoms with Crippen LogP contribution in [0.5, 0.6) is 0 Å². The minimum absolute atomic E-state index is 0.139. The number of hydrogen-bond acceptors (Lipinski definition) is 3. The van der Waals surface area contributed by atoms with Gasteiger partial charge in [0.1, 0.15) is 11.9 Å². The van der Waals surface area contributed by atoms with Crippen LogP contribution in [0.3, 0.4) is 0 Å². The third-order valence-electron chi connectivity index (χ3n) is 2.90. The lowest BCUT2D eigenvalue weighted by molar-refractivity contribution is 0.204. The summed E-state index contributed by atoms with van der Waals surface area (Å²) in [5.41, 5.74) is 0.432. The van der Waals surface area contributed by atoms with E-state index < -0.39 is 6.10 Å². The largest absolute Gasteiger partial charge is 0.380 e. The van der Waals surface area contributed by atoms with E-state index in [1.165, 1.54) is 10.6 Å². The van der Waals surface area contributed by atoms with Gasteiger partial charge in [0.05, 0.1) is 0 Å². The van der Waals surface area contributed by atoms with Crippen molar-refractivity contribution in [1.29, 1.82) is 0 Å². The number of aliphatic hydroxyl groups excluding tert-OH is 1. The van der Waals surface area contributed by atoms with Crippen LogP contribution in [0.1, 0.15) is 30.8 Å². The predicted molar refractivity (Wildman–Crippen MR) is 68.3 cm³/mol. The summed E-state index contributed by atoms with van der Waals surface area (Å²) in [5, 5.41) is 10.3. The van der Waals surface area contributed by atoms with E-state index in [9.17, 15) is 9.90 Å². The van der Waals surface area contributed by atoms with Crippen LogP contribution in [-0.4, -0.2) is 19.2 Å². The van der Waals surface area contributed by atoms with E-state index in [0.717, 1.165) is 13.0 Å². The molecule has 0 aliphatic carbocycles. The lowest BCUT2D eigenvalue weighted by Gasteiger charge is -2.13. The average molecular weight is 247 g/mol. The van der Waals surface area contributed by atoms with E-state index >= 15 is 0 Å². The summed E-state index contributed by atoms with van der Waals surface area (Å²) in [4.78, 5) is 15.7. The highest BCUT2D eigenvalue weighted by atomic mass is 16.3. The number of aliphatic hydroxyl groups is 1. The topological polar surface area (TPSA) is 60.0 Å². The molecule has 0 aliphatic heterocycles. The summed E-state index contributed by atoms with van der Waals surface area (Å²) in [6, 6.07) is 3.17. The van der Waals surface area contributed by atoms with E-state index in [2.05, 4.69) is 11.9 Å². The Morgan fingerprint density at radius 3 is 2.89 bits per heavy atom. The highest BCUT2D eigenvalue weighted by molar-refractivity contribution is 5.20. The summed E-state index contributed by atoms with van der Waals surface area (Å²) in [7, 11) is 1.68. The highest BCUT2D eigenvalue weighted by Gasteiger charge is 2.16. The predicted octanol–water partition coefficient (Wildman–Crippen LogP) is 1.07. The van der Waals surface area contributed by atoms with Gasteiger partial charge in [-0.15, -0.1) is 0 Å². The van der Waals surface area contributed by atoms with Gasteiger partial charge in [-0.25, -0.2) is 4.98 Å². The number of hydrogen-bond donors (Lipinski definition) is 1. The van der Waals surface area contributed by atoms with Gasteiger partial charge in [-0.05, 0) is 18.1 Å². The normalized spacial score (nSPS) is 12.6. The Bertz CT molecular complexity index is 586. The van der Waals surface area contributed by atoms with Crippen LogP contribution in [0.2, 0.25) is 0 Å². The monoisotopic (exact) mass is 247 g/mol. The second kappa shape index (κ2) is 5.18. The zero-order valence-electron chi connectivity index (χ0n) is 10.6. The first-order valence-electron chi connectivity index (χ1n) is 5.99. The molecule has 5 nitrogen and oxygen atoms in total. The molecule has 2 aromatic heterocycles. The summed E-state index contributed by atoms with van der Waals surface area (Å²) >= 11 is 0. The molecule has 1 unspecified atom stereocenters. The van der Waals surface area contributed by atoms with Gasteiger partial charge in [-0.1, -0.05) is 6.92 Å². The Labute approximate surface area is 105 Å². The van der Waals surface area contributed by atoms with Crippen molar-refractivity contribution >= 4 is 0 Å². The van der Waals surface area contributed by atoms with Gasteiger partial charge in [0.25, 0.3) is 5.56 Å². The first kappa shape index (κ1) is 12.6. The lowest BCUT2D eigenvalue weighted by Crippen LogP contribution is -2.18. The molecule has 0 radical (unpaired) electrons. The molecule has 1 N–H and O–H groups in total. The van der Waals surface area contributed by atoms with Crippen LogP contribution in [0.25, 0.3) is 0 Å². The number of nitrogens with zero attached hydrogens (tertiary/aromatic N) is 3. The quantitative estimate of drug-likeness (QED) is 0.879. The number of rotatable bonds is 4. The molecule has 1 atom stereocenters. The van der Waals surface area contributed by atoms with Gasteiger partial charge < -0.3 is 14.2 Å². The van der Waals surface area contributed by atoms with Crippen molar-refractivity contribution in [3.05, 3.63) is 52.5 Å². The molecular weight excluding hydrogens is 230 g/mol. The van der Waals surface area contributed by atoms with Crippen LogP contribution < -0.4 is 5.56 Å². The van der Waals surface area contributed by atoms with Crippen LogP contribution in [0, 0.1) is 0 Å². The van der Waals surface area contributed by atoms with E-state index in [4.69, 9.17) is 0 Å². The zero-order valence-corrected chi connectivity index (χ0v) is 10.6. The molecule has 0 aliphatic rings. The van der Waals surface area contributed by atoms with Crippen molar-refractivity contribution in [1.82, 2.24) is 14.1 Å². The van der Waals surface area contributed by atoms with Crippen molar-refractivity contribution in [3.63, 3.8) is 0 Å². The fourth-order valence-corrected chi connectivity index (χ4v) is 1.88. The van der Waals surface area contributed by atoms with Gasteiger partial charge in [0.2, 0.25) is 0 Å². The molecule has 2 aromatic rings. The molecule has 0 fully saturated rings. The maximum atomic E-state index is 11.5. The van der Waals surface area contributed by atoms with Crippen LogP contribution in [0.4, 0.5) is 0 Å². The molecule has 0 bridgehead atoms. The molecule has 0 saturated carbocycles. The average Bonchev–Trinajstić information content (AvgIpc) is 2.80. The van der Waals surface area contributed by atoms with Crippen molar-refractivity contribution in [2.24, 2.45) is 7.05 Å². The van der Waals surface area contributed by atoms with Gasteiger partial charge in [0, 0.05) is 38.2 Å². The van der Waals surface area contributed by atoms with Crippen molar-refractivity contribution in [2.45, 2.75) is 26.0 Å². The second-order valence-electron chi connectivity index (χ2n) is 4.29. The van der Waals surface area contributed by atoms with Crippen LogP contribution >= 0.6 is 0 Å². The van der Waals surface area contributed by atoms with Crippen molar-refractivity contribution in [3.8, 4) is 0 Å². The summed E-state index contributed by atoms with van der Waals surface area (Å²) in [6.07, 6.45) is 5.25. The molecule has 0 spiro atoms. The number of pyridine rings is 1. The molecule has 96 valence electrons. The first-order valence-corrected chi connectivity index (χ1v) is 5.99. The van der Waals surface area contributed by atoms with E-state index in [1.807, 2.05) is 10.8 Å². The third-order valence-corrected chi connectivity index (χ3v) is 2.90. The smallest absolute Gasteiger partial charge is 0.250 e. The van der Waals surface area contributed by atoms with Gasteiger partial charge in [-0.3, -0.25) is 4.79 Å². The Hall–Kier alpha value is -1.88. The number of aryl methyl sites for hydroxylation is 2. The van der Waals surface area contributed by atoms with Crippen LogP contribution in [0.15, 0.2) is 35.5 Å². The van der Waals surface area contributed by atoms with Gasteiger partial charge >= 0.3 is 0 Å². The number of imidazole rings is 1. The van der Waals surface area contributed by atoms with E-state index in [-0.39, 0.29) is 5.56 Å². The fraction of sp³-hybridized carbons (Fsp3) is 0.385. The maximum Gasteiger partial charge on any atom is 0.250 e. The summed E-state index contributed by atoms with van der Waals surface area (Å²) in [6.45, 7) is 2.87. The van der Waals surface area contributed by atoms with Gasteiger partial charge in [-0.2, -0.15) is 0 Å². The zero-order chi connectivity index (χ0) is 13.1.